The lowest BCUT2D eigenvalue weighted by atomic mass is 9.84. The molecule has 2 heterocycles. The van der Waals surface area contributed by atoms with Crippen molar-refractivity contribution in [1.29, 1.82) is 0 Å². The van der Waals surface area contributed by atoms with Gasteiger partial charge in [0.05, 0.1) is 28.0 Å². The highest BCUT2D eigenvalue weighted by molar-refractivity contribution is 5.98. The Kier molecular flexibility index (Phi) is 10.7. The first kappa shape index (κ1) is 40.4. The van der Waals surface area contributed by atoms with Crippen molar-refractivity contribution in [3.63, 3.8) is 0 Å². The van der Waals surface area contributed by atoms with Gasteiger partial charge in [0.15, 0.2) is 0 Å². The number of fused-ring (bicyclic) bond motifs is 1. The summed E-state index contributed by atoms with van der Waals surface area (Å²) in [4.78, 5) is 10.6. The van der Waals surface area contributed by atoms with Crippen LogP contribution < -0.4 is 0 Å². The Balaban J connectivity index is 1.33. The summed E-state index contributed by atoms with van der Waals surface area (Å²) in [6.07, 6.45) is 2.88. The second kappa shape index (κ2) is 16.4. The summed E-state index contributed by atoms with van der Waals surface area (Å²) in [6, 6.07) is 58.4. The number of phenolic OH excluding ortho intramolecular Hbond substituents is 1. The number of aryl methyl sites for hydroxylation is 2. The number of aromatic hydroxyl groups is 1. The standard InChI is InChI=1S/C58H53N3O/c1-37(2)29-40-23-26-53(50(31-40)43-17-12-9-13-18-43)61-54-20-14-19-49(55(54)60-57(61)51-36-48(58(5,6)7)30-39(4)56(51)62)46-32-45(41-15-10-8-11-16-41)33-47(34-46)52-35-44(27-28-59-52)42-24-21-38(3)22-25-42/h8-28,30-37,62H,29H2,1-7H3. The van der Waals surface area contributed by atoms with Gasteiger partial charge in [0.25, 0.3) is 0 Å². The van der Waals surface area contributed by atoms with E-state index in [2.05, 4.69) is 210 Å². The van der Waals surface area contributed by atoms with Crippen molar-refractivity contribution in [1.82, 2.24) is 14.5 Å². The molecule has 62 heavy (non-hydrogen) atoms. The van der Waals surface area contributed by atoms with E-state index in [1.54, 1.807) is 0 Å². The Morgan fingerprint density at radius 2 is 1.24 bits per heavy atom. The van der Waals surface area contributed by atoms with Gasteiger partial charge in [-0.3, -0.25) is 9.55 Å². The molecule has 0 unspecified atom stereocenters. The molecule has 4 nitrogen and oxygen atoms in total. The maximum absolute atomic E-state index is 12.0. The molecule has 0 aliphatic heterocycles. The van der Waals surface area contributed by atoms with Crippen LogP contribution in [0.4, 0.5) is 0 Å². The maximum Gasteiger partial charge on any atom is 0.149 e. The normalized spacial score (nSPS) is 11.7. The van der Waals surface area contributed by atoms with E-state index in [0.29, 0.717) is 17.3 Å². The molecule has 9 rings (SSSR count). The zero-order chi connectivity index (χ0) is 43.1. The molecule has 2 aromatic heterocycles. The minimum absolute atomic E-state index is 0.151. The predicted octanol–water partition coefficient (Wildman–Crippen LogP) is 15.2. The van der Waals surface area contributed by atoms with E-state index >= 15 is 0 Å². The van der Waals surface area contributed by atoms with Crippen LogP contribution in [-0.4, -0.2) is 19.6 Å². The number of nitrogens with zero attached hydrogens (tertiary/aromatic N) is 3. The van der Waals surface area contributed by atoms with Crippen LogP contribution in [0.3, 0.4) is 0 Å². The maximum atomic E-state index is 12.0. The summed E-state index contributed by atoms with van der Waals surface area (Å²) >= 11 is 0. The predicted molar refractivity (Wildman–Crippen MR) is 260 cm³/mol. The van der Waals surface area contributed by atoms with Gasteiger partial charge in [0.2, 0.25) is 0 Å². The van der Waals surface area contributed by atoms with Crippen LogP contribution in [0.25, 0.3) is 83.9 Å². The van der Waals surface area contributed by atoms with Gasteiger partial charge < -0.3 is 5.11 Å². The monoisotopic (exact) mass is 807 g/mol. The molecule has 0 amide bonds. The van der Waals surface area contributed by atoms with Crippen molar-refractivity contribution in [3.8, 4) is 78.6 Å². The SMILES string of the molecule is Cc1ccc(-c2ccnc(-c3cc(-c4ccccc4)cc(-c4cccc5c4nc(-c4cc(C(C)(C)C)cc(C)c4O)n5-c4ccc(CC(C)C)cc4-c4ccccc4)c3)c2)cc1. The second-order valence-electron chi connectivity index (χ2n) is 18.2. The Hall–Kier alpha value is -7.04. The summed E-state index contributed by atoms with van der Waals surface area (Å²) in [5.74, 6) is 1.44. The average Bonchev–Trinajstić information content (AvgIpc) is 3.67. The fourth-order valence-corrected chi connectivity index (χ4v) is 8.61. The summed E-state index contributed by atoms with van der Waals surface area (Å²) in [5, 5.41) is 12.0. The molecule has 0 saturated carbocycles. The minimum Gasteiger partial charge on any atom is -0.507 e. The molecule has 0 aliphatic carbocycles. The topological polar surface area (TPSA) is 50.9 Å². The van der Waals surface area contributed by atoms with Crippen molar-refractivity contribution in [3.05, 3.63) is 192 Å². The Morgan fingerprint density at radius 1 is 0.565 bits per heavy atom. The largest absolute Gasteiger partial charge is 0.507 e. The summed E-state index contributed by atoms with van der Waals surface area (Å²) in [7, 11) is 0. The molecule has 1 N–H and O–H groups in total. The Labute approximate surface area is 366 Å². The molecule has 306 valence electrons. The van der Waals surface area contributed by atoms with Crippen molar-refractivity contribution < 1.29 is 5.11 Å². The van der Waals surface area contributed by atoms with Gasteiger partial charge in [-0.1, -0.05) is 149 Å². The van der Waals surface area contributed by atoms with Gasteiger partial charge in [-0.2, -0.15) is 0 Å². The number of phenols is 1. The molecular weight excluding hydrogens is 755 g/mol. The van der Waals surface area contributed by atoms with Crippen molar-refractivity contribution >= 4 is 11.0 Å². The van der Waals surface area contributed by atoms with Crippen LogP contribution >= 0.6 is 0 Å². The van der Waals surface area contributed by atoms with E-state index in [1.807, 2.05) is 13.1 Å². The van der Waals surface area contributed by atoms with Crippen LogP contribution in [0.1, 0.15) is 56.9 Å². The molecule has 7 aromatic carbocycles. The summed E-state index contributed by atoms with van der Waals surface area (Å²) in [6.45, 7) is 15.3. The highest BCUT2D eigenvalue weighted by Crippen LogP contribution is 2.44. The zero-order valence-electron chi connectivity index (χ0n) is 36.7. The van der Waals surface area contributed by atoms with Gasteiger partial charge in [-0.15, -0.1) is 0 Å². The van der Waals surface area contributed by atoms with E-state index in [1.165, 1.54) is 11.1 Å². The number of hydrogen-bond acceptors (Lipinski definition) is 3. The molecule has 0 atom stereocenters. The third-order valence-corrected chi connectivity index (χ3v) is 11.9. The fraction of sp³-hybridized carbons (Fsp3) is 0.172. The molecule has 0 saturated heterocycles. The lowest BCUT2D eigenvalue weighted by Gasteiger charge is -2.22. The third kappa shape index (κ3) is 7.97. The van der Waals surface area contributed by atoms with E-state index in [-0.39, 0.29) is 11.2 Å². The first-order valence-electron chi connectivity index (χ1n) is 21.7. The lowest BCUT2D eigenvalue weighted by Crippen LogP contribution is -2.12. The molecular formula is C58H53N3O. The average molecular weight is 808 g/mol. The highest BCUT2D eigenvalue weighted by Gasteiger charge is 2.26. The smallest absolute Gasteiger partial charge is 0.149 e. The first-order valence-corrected chi connectivity index (χ1v) is 21.7. The quantitative estimate of drug-likeness (QED) is 0.158. The van der Waals surface area contributed by atoms with Crippen LogP contribution in [-0.2, 0) is 11.8 Å². The van der Waals surface area contributed by atoms with Crippen LogP contribution in [0.15, 0.2) is 170 Å². The Bertz CT molecular complexity index is 3060. The van der Waals surface area contributed by atoms with Crippen LogP contribution in [0, 0.1) is 19.8 Å². The number of rotatable bonds is 9. The van der Waals surface area contributed by atoms with Crippen molar-refractivity contribution in [2.45, 2.75) is 60.3 Å². The van der Waals surface area contributed by atoms with E-state index in [9.17, 15) is 5.11 Å². The molecule has 0 spiro atoms. The van der Waals surface area contributed by atoms with Gasteiger partial charge in [0, 0.05) is 22.9 Å². The zero-order valence-corrected chi connectivity index (χ0v) is 36.7. The van der Waals surface area contributed by atoms with Gasteiger partial charge in [-0.25, -0.2) is 4.98 Å². The molecule has 0 fully saturated rings. The van der Waals surface area contributed by atoms with E-state index in [4.69, 9.17) is 9.97 Å². The van der Waals surface area contributed by atoms with Crippen LogP contribution in [0.5, 0.6) is 5.75 Å². The summed E-state index contributed by atoms with van der Waals surface area (Å²) in [5.41, 5.74) is 18.5. The fourth-order valence-electron chi connectivity index (χ4n) is 8.61. The van der Waals surface area contributed by atoms with Gasteiger partial charge in [-0.05, 0) is 136 Å². The van der Waals surface area contributed by atoms with E-state index < -0.39 is 0 Å². The Morgan fingerprint density at radius 3 is 1.95 bits per heavy atom. The number of aromatic nitrogens is 3. The molecule has 0 radical (unpaired) electrons. The van der Waals surface area contributed by atoms with Gasteiger partial charge in [0.1, 0.15) is 11.6 Å². The number of pyridine rings is 1. The number of benzene rings is 7. The number of para-hydroxylation sites is 1. The number of hydrogen-bond donors (Lipinski definition) is 1. The third-order valence-electron chi connectivity index (χ3n) is 11.9. The first-order chi connectivity index (χ1) is 29.9. The summed E-state index contributed by atoms with van der Waals surface area (Å²) < 4.78 is 2.27. The molecule has 9 aromatic rings. The molecule has 0 aliphatic rings. The molecule has 0 bridgehead atoms. The van der Waals surface area contributed by atoms with Gasteiger partial charge >= 0.3 is 0 Å². The van der Waals surface area contributed by atoms with Crippen molar-refractivity contribution in [2.24, 2.45) is 5.92 Å². The highest BCUT2D eigenvalue weighted by atomic mass is 16.3. The van der Waals surface area contributed by atoms with Crippen LogP contribution in [0.2, 0.25) is 0 Å². The number of imidazole rings is 1. The van der Waals surface area contributed by atoms with Crippen molar-refractivity contribution in [2.75, 3.05) is 0 Å². The minimum atomic E-state index is -0.151. The second-order valence-corrected chi connectivity index (χ2v) is 18.2. The molecule has 4 heteroatoms. The lowest BCUT2D eigenvalue weighted by molar-refractivity contribution is 0.471. The van der Waals surface area contributed by atoms with E-state index in [0.717, 1.165) is 90.0 Å².